The number of nitrogens with two attached hydrogens (primary N) is 1. The van der Waals surface area contributed by atoms with Gasteiger partial charge >= 0.3 is 5.69 Å². The molecule has 6 nitrogen and oxygen atoms in total. The summed E-state index contributed by atoms with van der Waals surface area (Å²) in [6.07, 6.45) is 4.21. The van der Waals surface area contributed by atoms with Crippen molar-refractivity contribution in [3.8, 4) is 0 Å². The van der Waals surface area contributed by atoms with E-state index in [-0.39, 0.29) is 23.8 Å². The molecule has 0 aliphatic carbocycles. The highest BCUT2D eigenvalue weighted by Crippen LogP contribution is 2.34. The van der Waals surface area contributed by atoms with Crippen molar-refractivity contribution in [2.24, 2.45) is 0 Å². The smallest absolute Gasteiger partial charge is 0.351 e. The summed E-state index contributed by atoms with van der Waals surface area (Å²) >= 11 is 1.73. The van der Waals surface area contributed by atoms with E-state index in [4.69, 9.17) is 15.2 Å². The van der Waals surface area contributed by atoms with Crippen LogP contribution in [0.3, 0.4) is 0 Å². The summed E-state index contributed by atoms with van der Waals surface area (Å²) in [6, 6.07) is 0. The minimum atomic E-state index is -0.369. The average Bonchev–Trinajstić information content (AvgIpc) is 2.77. The van der Waals surface area contributed by atoms with E-state index in [1.165, 1.54) is 4.57 Å². The third-order valence-electron chi connectivity index (χ3n) is 3.30. The molecule has 0 radical (unpaired) electrons. The second-order valence-corrected chi connectivity index (χ2v) is 5.67. The van der Waals surface area contributed by atoms with Crippen molar-refractivity contribution < 1.29 is 9.47 Å². The maximum atomic E-state index is 11.9. The number of thioether (sulfide) groups is 1. The summed E-state index contributed by atoms with van der Waals surface area (Å²) in [4.78, 5) is 15.7. The maximum absolute atomic E-state index is 11.9. The third-order valence-corrected chi connectivity index (χ3v) is 4.40. The molecule has 0 spiro atoms. The fraction of sp³-hybridized carbons (Fsp3) is 0.667. The summed E-state index contributed by atoms with van der Waals surface area (Å²) in [5.41, 5.74) is 6.03. The lowest BCUT2D eigenvalue weighted by Crippen LogP contribution is -2.28. The molecule has 1 fully saturated rings. The zero-order chi connectivity index (χ0) is 14.0. The molecule has 0 amide bonds. The maximum Gasteiger partial charge on any atom is 0.351 e. The van der Waals surface area contributed by atoms with Gasteiger partial charge < -0.3 is 15.2 Å². The molecule has 19 heavy (non-hydrogen) atoms. The minimum absolute atomic E-state index is 0.00485. The monoisotopic (exact) mass is 285 g/mol. The summed E-state index contributed by atoms with van der Waals surface area (Å²) in [5, 5.41) is 0.315. The van der Waals surface area contributed by atoms with E-state index >= 15 is 0 Å². The van der Waals surface area contributed by atoms with Gasteiger partial charge in [-0.25, -0.2) is 4.79 Å². The van der Waals surface area contributed by atoms with Crippen LogP contribution in [0.4, 0.5) is 5.82 Å². The van der Waals surface area contributed by atoms with Gasteiger partial charge in [0.1, 0.15) is 12.0 Å². The van der Waals surface area contributed by atoms with Gasteiger partial charge in [-0.05, 0) is 13.2 Å². The van der Waals surface area contributed by atoms with E-state index in [2.05, 4.69) is 4.98 Å². The van der Waals surface area contributed by atoms with E-state index < -0.39 is 0 Å². The van der Waals surface area contributed by atoms with Crippen LogP contribution in [0, 0.1) is 6.92 Å². The Morgan fingerprint density at radius 2 is 2.42 bits per heavy atom. The SMILES string of the molecule is COC[C@H]1O[C@@H](n2cc(C)c(N)nc2=O)CC1SC. The number of methoxy groups -OCH3 is 1. The van der Waals surface area contributed by atoms with Crippen LogP contribution in [0.15, 0.2) is 11.0 Å². The number of aryl methyl sites for hydroxylation is 1. The molecule has 0 bridgehead atoms. The normalized spacial score (nSPS) is 26.8. The average molecular weight is 285 g/mol. The molecule has 2 N–H and O–H groups in total. The van der Waals surface area contributed by atoms with Gasteiger partial charge in [0.15, 0.2) is 0 Å². The summed E-state index contributed by atoms with van der Waals surface area (Å²) in [7, 11) is 1.65. The Morgan fingerprint density at radius 3 is 3.05 bits per heavy atom. The third kappa shape index (κ3) is 2.93. The number of aromatic nitrogens is 2. The van der Waals surface area contributed by atoms with E-state index in [0.29, 0.717) is 11.9 Å². The predicted octanol–water partition coefficient (Wildman–Crippen LogP) is 0.799. The van der Waals surface area contributed by atoms with Gasteiger partial charge in [0.25, 0.3) is 0 Å². The molecule has 1 aliphatic rings. The first kappa shape index (κ1) is 14.4. The summed E-state index contributed by atoms with van der Waals surface area (Å²) < 4.78 is 12.6. The van der Waals surface area contributed by atoms with Crippen LogP contribution in [-0.2, 0) is 9.47 Å². The van der Waals surface area contributed by atoms with Crippen LogP contribution < -0.4 is 11.4 Å². The van der Waals surface area contributed by atoms with Gasteiger partial charge in [0.05, 0.1) is 12.7 Å². The quantitative estimate of drug-likeness (QED) is 0.881. The van der Waals surface area contributed by atoms with E-state index in [1.807, 2.05) is 13.2 Å². The lowest BCUT2D eigenvalue weighted by atomic mass is 10.2. The molecular weight excluding hydrogens is 266 g/mol. The topological polar surface area (TPSA) is 79.4 Å². The van der Waals surface area contributed by atoms with Crippen molar-refractivity contribution in [3.05, 3.63) is 22.2 Å². The Labute approximate surface area is 116 Å². The molecule has 0 saturated carbocycles. The van der Waals surface area contributed by atoms with Crippen molar-refractivity contribution in [3.63, 3.8) is 0 Å². The lowest BCUT2D eigenvalue weighted by Gasteiger charge is -2.16. The first-order valence-electron chi connectivity index (χ1n) is 6.09. The standard InChI is InChI=1S/C12H19N3O3S/c1-7-5-15(12(16)14-11(7)13)10-4-9(19-3)8(18-10)6-17-2/h5,8-10H,4,6H2,1-3H3,(H2,13,14,16)/t8-,9?,10-/m1/s1. The molecule has 7 heteroatoms. The van der Waals surface area contributed by atoms with Gasteiger partial charge in [-0.1, -0.05) is 0 Å². The van der Waals surface area contributed by atoms with E-state index in [0.717, 1.165) is 12.0 Å². The molecule has 1 aromatic rings. The van der Waals surface area contributed by atoms with Crippen LogP contribution in [0.1, 0.15) is 18.2 Å². The molecule has 1 saturated heterocycles. The molecular formula is C12H19N3O3S. The van der Waals surface area contributed by atoms with Crippen LogP contribution in [0.2, 0.25) is 0 Å². The number of nitrogens with zero attached hydrogens (tertiary/aromatic N) is 2. The van der Waals surface area contributed by atoms with Crippen LogP contribution in [-0.4, -0.2) is 40.9 Å². The molecule has 2 heterocycles. The van der Waals surface area contributed by atoms with Gasteiger partial charge in [0, 0.05) is 30.5 Å². The van der Waals surface area contributed by atoms with Gasteiger partial charge in [-0.3, -0.25) is 4.57 Å². The molecule has 1 aliphatic heterocycles. The Kier molecular flexibility index (Phi) is 4.49. The summed E-state index contributed by atoms with van der Waals surface area (Å²) in [6.45, 7) is 2.35. The Morgan fingerprint density at radius 1 is 1.68 bits per heavy atom. The number of hydrogen-bond acceptors (Lipinski definition) is 6. The molecule has 2 rings (SSSR count). The zero-order valence-electron chi connectivity index (χ0n) is 11.3. The van der Waals surface area contributed by atoms with E-state index in [9.17, 15) is 4.79 Å². The Hall–Kier alpha value is -1.05. The molecule has 106 valence electrons. The molecule has 3 atom stereocenters. The molecule has 0 aromatic carbocycles. The van der Waals surface area contributed by atoms with Crippen LogP contribution in [0.5, 0.6) is 0 Å². The number of nitrogen functional groups attached to an aromatic ring is 1. The second-order valence-electron chi connectivity index (χ2n) is 4.59. The number of ether oxygens (including phenoxy) is 2. The van der Waals surface area contributed by atoms with Crippen LogP contribution in [0.25, 0.3) is 0 Å². The van der Waals surface area contributed by atoms with Crippen molar-refractivity contribution in [2.75, 3.05) is 25.7 Å². The first-order chi connectivity index (χ1) is 9.06. The predicted molar refractivity (Wildman–Crippen MR) is 75.4 cm³/mol. The number of hydrogen-bond donors (Lipinski definition) is 1. The summed E-state index contributed by atoms with van der Waals surface area (Å²) in [5.74, 6) is 0.272. The van der Waals surface area contributed by atoms with Gasteiger partial charge in [-0.2, -0.15) is 16.7 Å². The first-order valence-corrected chi connectivity index (χ1v) is 7.38. The van der Waals surface area contributed by atoms with Gasteiger partial charge in [-0.15, -0.1) is 0 Å². The molecule has 1 aromatic heterocycles. The highest BCUT2D eigenvalue weighted by molar-refractivity contribution is 7.99. The van der Waals surface area contributed by atoms with Gasteiger partial charge in [0.2, 0.25) is 0 Å². The number of anilines is 1. The zero-order valence-corrected chi connectivity index (χ0v) is 12.1. The van der Waals surface area contributed by atoms with E-state index in [1.54, 1.807) is 25.1 Å². The van der Waals surface area contributed by atoms with Crippen molar-refractivity contribution in [1.82, 2.24) is 9.55 Å². The minimum Gasteiger partial charge on any atom is -0.383 e. The Bertz CT molecular complexity index is 505. The highest BCUT2D eigenvalue weighted by atomic mass is 32.2. The fourth-order valence-electron chi connectivity index (χ4n) is 2.22. The van der Waals surface area contributed by atoms with Crippen molar-refractivity contribution >= 4 is 17.6 Å². The fourth-order valence-corrected chi connectivity index (χ4v) is 3.02. The number of rotatable bonds is 4. The van der Waals surface area contributed by atoms with Crippen molar-refractivity contribution in [1.29, 1.82) is 0 Å². The lowest BCUT2D eigenvalue weighted by molar-refractivity contribution is -0.0326. The Balaban J connectivity index is 2.24. The largest absolute Gasteiger partial charge is 0.383 e. The second kappa shape index (κ2) is 5.94. The van der Waals surface area contributed by atoms with Crippen molar-refractivity contribution in [2.45, 2.75) is 30.9 Å². The molecule has 1 unspecified atom stereocenters. The highest BCUT2D eigenvalue weighted by Gasteiger charge is 2.36. The van der Waals surface area contributed by atoms with Crippen LogP contribution >= 0.6 is 11.8 Å².